The summed E-state index contributed by atoms with van der Waals surface area (Å²) in [6.07, 6.45) is 2.51. The molecule has 0 aromatic carbocycles. The molecule has 2 N–H and O–H groups in total. The summed E-state index contributed by atoms with van der Waals surface area (Å²) in [4.78, 5) is 10.9. The first kappa shape index (κ1) is 9.34. The minimum absolute atomic E-state index is 0.168. The van der Waals surface area contributed by atoms with Crippen molar-refractivity contribution in [2.75, 3.05) is 0 Å². The minimum atomic E-state index is -0.722. The normalized spacial score (nSPS) is 37.7. The summed E-state index contributed by atoms with van der Waals surface area (Å²) in [6, 6.07) is -0.386. The molecule has 0 radical (unpaired) electrons. The largest absolute Gasteiger partial charge is 0.480 e. The van der Waals surface area contributed by atoms with Gasteiger partial charge in [0.25, 0.3) is 0 Å². The quantitative estimate of drug-likeness (QED) is 0.707. The number of nitrogens with one attached hydrogen (secondary N) is 1. The van der Waals surface area contributed by atoms with Crippen molar-refractivity contribution in [2.24, 2.45) is 5.92 Å². The van der Waals surface area contributed by atoms with Gasteiger partial charge in [0.2, 0.25) is 0 Å². The molecule has 0 bridgehead atoms. The van der Waals surface area contributed by atoms with Crippen molar-refractivity contribution in [1.82, 2.24) is 5.32 Å². The molecule has 13 heavy (non-hydrogen) atoms. The number of rotatable bonds is 2. The molecule has 0 spiro atoms. The lowest BCUT2D eigenvalue weighted by atomic mass is 10.0. The van der Waals surface area contributed by atoms with Crippen molar-refractivity contribution in [2.45, 2.75) is 42.9 Å². The number of hydrogen-bond acceptors (Lipinski definition) is 3. The number of carboxylic acids is 1. The first-order valence-corrected chi connectivity index (χ1v) is 5.55. The first-order chi connectivity index (χ1) is 6.00. The molecule has 2 atom stereocenters. The zero-order valence-electron chi connectivity index (χ0n) is 7.91. The number of carbonyl (C=O) groups is 1. The fraction of sp³-hybridized carbons (Fsp3) is 0.889. The third kappa shape index (κ3) is 1.70. The lowest BCUT2D eigenvalue weighted by Gasteiger charge is -2.20. The third-order valence-electron chi connectivity index (χ3n) is 2.75. The van der Waals surface area contributed by atoms with Crippen molar-refractivity contribution >= 4 is 17.7 Å². The third-order valence-corrected chi connectivity index (χ3v) is 4.37. The molecule has 2 unspecified atom stereocenters. The van der Waals surface area contributed by atoms with Gasteiger partial charge in [-0.2, -0.15) is 0 Å². The predicted molar refractivity (Wildman–Crippen MR) is 52.7 cm³/mol. The smallest absolute Gasteiger partial charge is 0.322 e. The highest BCUT2D eigenvalue weighted by Crippen LogP contribution is 2.47. The van der Waals surface area contributed by atoms with Gasteiger partial charge in [-0.25, -0.2) is 0 Å². The van der Waals surface area contributed by atoms with E-state index in [9.17, 15) is 4.79 Å². The summed E-state index contributed by atoms with van der Waals surface area (Å²) in [7, 11) is 0. The van der Waals surface area contributed by atoms with Crippen LogP contribution in [0.25, 0.3) is 0 Å². The Balaban J connectivity index is 2.07. The van der Waals surface area contributed by atoms with E-state index in [2.05, 4.69) is 5.32 Å². The zero-order valence-corrected chi connectivity index (χ0v) is 8.73. The Bertz CT molecular complexity index is 238. The monoisotopic (exact) mass is 201 g/mol. The Morgan fingerprint density at radius 2 is 2.15 bits per heavy atom. The predicted octanol–water partition coefficient (Wildman–Crippen LogP) is 1.29. The second-order valence-corrected chi connectivity index (χ2v) is 6.21. The molecule has 0 amide bonds. The van der Waals surface area contributed by atoms with E-state index >= 15 is 0 Å². The molecule has 1 saturated heterocycles. The molecular weight excluding hydrogens is 186 g/mol. The van der Waals surface area contributed by atoms with Gasteiger partial charge in [0.05, 0.1) is 5.37 Å². The SMILES string of the molecule is CC1(C)SC(C2CC2)NC1C(=O)O. The van der Waals surface area contributed by atoms with Gasteiger partial charge in [-0.3, -0.25) is 10.1 Å². The van der Waals surface area contributed by atoms with E-state index in [1.807, 2.05) is 13.8 Å². The standard InChI is InChI=1S/C9H15NO2S/c1-9(2)6(8(11)12)10-7(13-9)5-3-4-5/h5-7,10H,3-4H2,1-2H3,(H,11,12). The van der Waals surface area contributed by atoms with E-state index < -0.39 is 5.97 Å². The van der Waals surface area contributed by atoms with Crippen molar-refractivity contribution in [3.05, 3.63) is 0 Å². The second-order valence-electron chi connectivity index (χ2n) is 4.42. The average molecular weight is 201 g/mol. The van der Waals surface area contributed by atoms with Gasteiger partial charge in [-0.1, -0.05) is 0 Å². The summed E-state index contributed by atoms with van der Waals surface area (Å²) in [5, 5.41) is 12.6. The van der Waals surface area contributed by atoms with Crippen LogP contribution in [0.1, 0.15) is 26.7 Å². The number of thioether (sulfide) groups is 1. The maximum absolute atomic E-state index is 10.9. The summed E-state index contributed by atoms with van der Waals surface area (Å²) >= 11 is 1.78. The number of aliphatic carboxylic acids is 1. The van der Waals surface area contributed by atoms with Gasteiger partial charge in [0.15, 0.2) is 0 Å². The van der Waals surface area contributed by atoms with E-state index in [4.69, 9.17) is 5.11 Å². The maximum atomic E-state index is 10.9. The van der Waals surface area contributed by atoms with E-state index in [0.29, 0.717) is 11.3 Å². The molecule has 0 aromatic heterocycles. The minimum Gasteiger partial charge on any atom is -0.480 e. The lowest BCUT2D eigenvalue weighted by Crippen LogP contribution is -2.44. The van der Waals surface area contributed by atoms with Crippen LogP contribution in [-0.2, 0) is 4.79 Å². The van der Waals surface area contributed by atoms with Crippen molar-refractivity contribution in [3.63, 3.8) is 0 Å². The Morgan fingerprint density at radius 1 is 1.54 bits per heavy atom. The molecule has 3 nitrogen and oxygen atoms in total. The zero-order chi connectivity index (χ0) is 9.64. The molecule has 1 aliphatic heterocycles. The van der Waals surface area contributed by atoms with E-state index in [0.717, 1.165) is 0 Å². The van der Waals surface area contributed by atoms with Crippen LogP contribution in [0.5, 0.6) is 0 Å². The van der Waals surface area contributed by atoms with Gasteiger partial charge in [-0.05, 0) is 32.6 Å². The molecule has 1 heterocycles. The molecule has 74 valence electrons. The molecule has 0 aromatic rings. The van der Waals surface area contributed by atoms with Crippen LogP contribution in [0.2, 0.25) is 0 Å². The number of hydrogen-bond donors (Lipinski definition) is 2. The van der Waals surface area contributed by atoms with Crippen LogP contribution in [0, 0.1) is 5.92 Å². The Labute approximate surface area is 82.3 Å². The van der Waals surface area contributed by atoms with Crippen molar-refractivity contribution in [3.8, 4) is 0 Å². The topological polar surface area (TPSA) is 49.3 Å². The van der Waals surface area contributed by atoms with Gasteiger partial charge < -0.3 is 5.11 Å². The fourth-order valence-electron chi connectivity index (χ4n) is 1.79. The molecule has 4 heteroatoms. The first-order valence-electron chi connectivity index (χ1n) is 4.67. The molecule has 2 fully saturated rings. The lowest BCUT2D eigenvalue weighted by molar-refractivity contribution is -0.139. The molecule has 2 aliphatic rings. The Morgan fingerprint density at radius 3 is 2.54 bits per heavy atom. The van der Waals surface area contributed by atoms with Crippen molar-refractivity contribution in [1.29, 1.82) is 0 Å². The highest BCUT2D eigenvalue weighted by Gasteiger charge is 2.49. The van der Waals surface area contributed by atoms with Gasteiger partial charge in [0.1, 0.15) is 6.04 Å². The molecule has 1 aliphatic carbocycles. The second kappa shape index (κ2) is 2.89. The van der Waals surface area contributed by atoms with Gasteiger partial charge in [-0.15, -0.1) is 11.8 Å². The van der Waals surface area contributed by atoms with E-state index in [1.165, 1.54) is 12.8 Å². The maximum Gasteiger partial charge on any atom is 0.322 e. The highest BCUT2D eigenvalue weighted by atomic mass is 32.2. The molecule has 1 saturated carbocycles. The number of carboxylic acid groups (broad SMARTS) is 1. The Kier molecular flexibility index (Phi) is 2.07. The van der Waals surface area contributed by atoms with Crippen LogP contribution in [0.15, 0.2) is 0 Å². The Hall–Kier alpha value is -0.220. The fourth-order valence-corrected chi connectivity index (χ4v) is 3.42. The van der Waals surface area contributed by atoms with Crippen LogP contribution in [0.4, 0.5) is 0 Å². The van der Waals surface area contributed by atoms with Crippen LogP contribution >= 0.6 is 11.8 Å². The summed E-state index contributed by atoms with van der Waals surface area (Å²) in [5.41, 5.74) is 0. The van der Waals surface area contributed by atoms with Crippen molar-refractivity contribution < 1.29 is 9.90 Å². The van der Waals surface area contributed by atoms with Gasteiger partial charge >= 0.3 is 5.97 Å². The highest BCUT2D eigenvalue weighted by molar-refractivity contribution is 8.01. The van der Waals surface area contributed by atoms with Crippen LogP contribution in [-0.4, -0.2) is 27.2 Å². The van der Waals surface area contributed by atoms with Crippen LogP contribution < -0.4 is 5.32 Å². The summed E-state index contributed by atoms with van der Waals surface area (Å²) in [6.45, 7) is 4.01. The van der Waals surface area contributed by atoms with Crippen LogP contribution in [0.3, 0.4) is 0 Å². The van der Waals surface area contributed by atoms with Gasteiger partial charge in [0, 0.05) is 4.75 Å². The van der Waals surface area contributed by atoms with E-state index in [1.54, 1.807) is 11.8 Å². The summed E-state index contributed by atoms with van der Waals surface area (Å²) in [5.74, 6) is -0.00530. The average Bonchev–Trinajstić information content (AvgIpc) is 2.75. The van der Waals surface area contributed by atoms with E-state index in [-0.39, 0.29) is 10.8 Å². The molecule has 2 rings (SSSR count). The summed E-state index contributed by atoms with van der Waals surface area (Å²) < 4.78 is -0.168. The molecular formula is C9H15NO2S.